The molecule has 0 radical (unpaired) electrons. The number of ether oxygens (including phenoxy) is 1. The van der Waals surface area contributed by atoms with Crippen LogP contribution in [0.1, 0.15) is 96.9 Å². The summed E-state index contributed by atoms with van der Waals surface area (Å²) in [5.74, 6) is 0.635. The summed E-state index contributed by atoms with van der Waals surface area (Å²) in [4.78, 5) is 26.5. The summed E-state index contributed by atoms with van der Waals surface area (Å²) in [5, 5.41) is 1.02. The third kappa shape index (κ3) is 6.73. The molecule has 0 bridgehead atoms. The van der Waals surface area contributed by atoms with Gasteiger partial charge < -0.3 is 4.74 Å². The zero-order valence-corrected chi connectivity index (χ0v) is 22.4. The van der Waals surface area contributed by atoms with Gasteiger partial charge in [0.15, 0.2) is 5.78 Å². The van der Waals surface area contributed by atoms with Crippen LogP contribution in [0.5, 0.6) is 0 Å². The Kier molecular flexibility index (Phi) is 9.22. The molecule has 0 saturated heterocycles. The van der Waals surface area contributed by atoms with E-state index < -0.39 is 5.41 Å². The molecule has 0 N–H and O–H groups in total. The van der Waals surface area contributed by atoms with Gasteiger partial charge in [0.25, 0.3) is 0 Å². The van der Waals surface area contributed by atoms with Crippen LogP contribution in [-0.4, -0.2) is 22.3 Å². The lowest BCUT2D eigenvalue weighted by molar-refractivity contribution is -0.148. The van der Waals surface area contributed by atoms with Crippen molar-refractivity contribution >= 4 is 29.1 Å². The molecule has 0 fully saturated rings. The second kappa shape index (κ2) is 11.0. The summed E-state index contributed by atoms with van der Waals surface area (Å²) in [7, 11) is 0. The first kappa shape index (κ1) is 26.7. The second-order valence-corrected chi connectivity index (χ2v) is 12.6. The molecular weight excluding hydrogens is 416 g/mol. The maximum absolute atomic E-state index is 13.6. The molecule has 1 aromatic rings. The quantitative estimate of drug-likeness (QED) is 0.383. The summed E-state index contributed by atoms with van der Waals surface area (Å²) in [6, 6.07) is 4.34. The van der Waals surface area contributed by atoms with Crippen molar-refractivity contribution in [3.8, 4) is 0 Å². The zero-order chi connectivity index (χ0) is 24.2. The molecule has 32 heavy (non-hydrogen) atoms. The number of benzene rings is 1. The first-order chi connectivity index (χ1) is 14.9. The number of rotatable bonds is 8. The Hall–Kier alpha value is -1.55. The number of thioether (sulfide) groups is 1. The third-order valence-corrected chi connectivity index (χ3v) is 7.16. The van der Waals surface area contributed by atoms with Crippen molar-refractivity contribution in [2.45, 2.75) is 105 Å². The topological polar surface area (TPSA) is 43.4 Å². The van der Waals surface area contributed by atoms with Crippen LogP contribution in [-0.2, 0) is 27.2 Å². The fourth-order valence-corrected chi connectivity index (χ4v) is 5.88. The first-order valence-corrected chi connectivity index (χ1v) is 13.1. The molecule has 0 spiro atoms. The van der Waals surface area contributed by atoms with Crippen LogP contribution in [0.4, 0.5) is 0 Å². The molecule has 2 unspecified atom stereocenters. The van der Waals surface area contributed by atoms with Gasteiger partial charge >= 0.3 is 5.97 Å². The number of hydrogen-bond acceptors (Lipinski definition) is 4. The SMILES string of the molecule is CCc1cc(C)cc(CC)c1C1=C(OC(=O)C(C)(C)C)CC(CC(C)SC(C)C)CC1=O. The average molecular weight is 459 g/mol. The van der Waals surface area contributed by atoms with Crippen molar-refractivity contribution in [3.63, 3.8) is 0 Å². The minimum atomic E-state index is -0.622. The monoisotopic (exact) mass is 458 g/mol. The Morgan fingerprint density at radius 1 is 1.09 bits per heavy atom. The number of aryl methyl sites for hydroxylation is 3. The van der Waals surface area contributed by atoms with Gasteiger partial charge in [0.05, 0.1) is 11.0 Å². The van der Waals surface area contributed by atoms with E-state index in [1.807, 2.05) is 32.5 Å². The molecule has 0 amide bonds. The molecular formula is C28H42O3S. The Labute approximate surface area is 199 Å². The third-order valence-electron chi connectivity index (χ3n) is 5.96. The van der Waals surface area contributed by atoms with Gasteiger partial charge in [0.2, 0.25) is 0 Å². The van der Waals surface area contributed by atoms with Crippen LogP contribution in [0.15, 0.2) is 17.9 Å². The summed E-state index contributed by atoms with van der Waals surface area (Å²) in [5.41, 5.74) is 4.57. The van der Waals surface area contributed by atoms with Crippen molar-refractivity contribution in [2.75, 3.05) is 0 Å². The Bertz CT molecular complexity index is 848. The van der Waals surface area contributed by atoms with Crippen LogP contribution >= 0.6 is 11.8 Å². The van der Waals surface area contributed by atoms with Crippen LogP contribution in [0, 0.1) is 18.3 Å². The number of carbonyl (C=O) groups excluding carboxylic acids is 2. The maximum atomic E-state index is 13.6. The zero-order valence-electron chi connectivity index (χ0n) is 21.6. The summed E-state index contributed by atoms with van der Waals surface area (Å²) >= 11 is 1.94. The molecule has 1 aromatic carbocycles. The lowest BCUT2D eigenvalue weighted by atomic mass is 9.78. The Morgan fingerprint density at radius 2 is 1.66 bits per heavy atom. The molecule has 178 valence electrons. The minimum absolute atomic E-state index is 0.118. The summed E-state index contributed by atoms with van der Waals surface area (Å²) in [6.07, 6.45) is 3.80. The van der Waals surface area contributed by atoms with Crippen molar-refractivity contribution in [1.82, 2.24) is 0 Å². The van der Waals surface area contributed by atoms with E-state index in [-0.39, 0.29) is 17.7 Å². The van der Waals surface area contributed by atoms with Gasteiger partial charge in [-0.2, -0.15) is 11.8 Å². The van der Waals surface area contributed by atoms with Crippen molar-refractivity contribution < 1.29 is 14.3 Å². The molecule has 2 rings (SSSR count). The first-order valence-electron chi connectivity index (χ1n) is 12.1. The number of Topliss-reactive ketones (excluding diaryl/α,β-unsaturated/α-hetero) is 1. The molecule has 0 aliphatic heterocycles. The van der Waals surface area contributed by atoms with Gasteiger partial charge in [0.1, 0.15) is 5.76 Å². The molecule has 3 nitrogen and oxygen atoms in total. The number of esters is 1. The van der Waals surface area contributed by atoms with E-state index in [0.29, 0.717) is 34.7 Å². The summed E-state index contributed by atoms with van der Waals surface area (Å²) in [6.45, 7) is 18.6. The largest absolute Gasteiger partial charge is 0.430 e. The van der Waals surface area contributed by atoms with E-state index in [1.54, 1.807) is 0 Å². The van der Waals surface area contributed by atoms with Crippen molar-refractivity contribution in [1.29, 1.82) is 0 Å². The van der Waals surface area contributed by atoms with E-state index in [1.165, 1.54) is 5.56 Å². The highest BCUT2D eigenvalue weighted by Crippen LogP contribution is 2.41. The molecule has 2 atom stereocenters. The van der Waals surface area contributed by atoms with Crippen molar-refractivity contribution in [2.24, 2.45) is 11.3 Å². The van der Waals surface area contributed by atoms with Crippen LogP contribution < -0.4 is 0 Å². The van der Waals surface area contributed by atoms with Gasteiger partial charge in [-0.15, -0.1) is 0 Å². The van der Waals surface area contributed by atoms with Crippen LogP contribution in [0.2, 0.25) is 0 Å². The number of ketones is 1. The molecule has 0 heterocycles. The molecule has 1 aliphatic carbocycles. The maximum Gasteiger partial charge on any atom is 0.316 e. The normalized spacial score (nSPS) is 18.3. The van der Waals surface area contributed by atoms with E-state index in [4.69, 9.17) is 4.74 Å². The van der Waals surface area contributed by atoms with Gasteiger partial charge in [-0.25, -0.2) is 0 Å². The van der Waals surface area contributed by atoms with Gasteiger partial charge in [-0.3, -0.25) is 9.59 Å². The highest BCUT2D eigenvalue weighted by molar-refractivity contribution is 8.00. The predicted octanol–water partition coefficient (Wildman–Crippen LogP) is 7.32. The van der Waals surface area contributed by atoms with Gasteiger partial charge in [-0.05, 0) is 74.8 Å². The van der Waals surface area contributed by atoms with Crippen LogP contribution in [0.25, 0.3) is 5.57 Å². The molecule has 0 aromatic heterocycles. The minimum Gasteiger partial charge on any atom is -0.430 e. The fraction of sp³-hybridized carbons (Fsp3) is 0.643. The standard InChI is InChI=1S/C28H42O3S/c1-10-21-12-18(5)13-22(11-2)25(21)26-23(29)15-20(14-19(6)32-17(3)4)16-24(26)31-27(30)28(7,8)9/h12-13,17,19-20H,10-11,14-16H2,1-9H3. The number of carbonyl (C=O) groups is 2. The average Bonchev–Trinajstić information content (AvgIpc) is 2.66. The molecule has 0 saturated carbocycles. The highest BCUT2D eigenvalue weighted by Gasteiger charge is 2.35. The van der Waals surface area contributed by atoms with E-state index in [0.717, 1.165) is 36.0 Å². The fourth-order valence-electron chi connectivity index (χ4n) is 4.57. The lowest BCUT2D eigenvalue weighted by Gasteiger charge is -2.31. The molecule has 4 heteroatoms. The van der Waals surface area contributed by atoms with E-state index >= 15 is 0 Å². The Balaban J connectivity index is 2.58. The number of allylic oxidation sites excluding steroid dienone is 2. The lowest BCUT2D eigenvalue weighted by Crippen LogP contribution is -2.28. The highest BCUT2D eigenvalue weighted by atomic mass is 32.2. The Morgan fingerprint density at radius 3 is 2.12 bits per heavy atom. The van der Waals surface area contributed by atoms with Crippen LogP contribution in [0.3, 0.4) is 0 Å². The number of hydrogen-bond donors (Lipinski definition) is 0. The van der Waals surface area contributed by atoms with E-state index in [9.17, 15) is 9.59 Å². The predicted molar refractivity (Wildman–Crippen MR) is 137 cm³/mol. The van der Waals surface area contributed by atoms with Gasteiger partial charge in [0, 0.05) is 18.1 Å². The summed E-state index contributed by atoms with van der Waals surface area (Å²) < 4.78 is 6.03. The smallest absolute Gasteiger partial charge is 0.316 e. The molecule has 1 aliphatic rings. The van der Waals surface area contributed by atoms with Gasteiger partial charge in [-0.1, -0.05) is 52.3 Å². The second-order valence-electron chi connectivity index (χ2n) is 10.5. The van der Waals surface area contributed by atoms with E-state index in [2.05, 4.69) is 53.7 Å². The van der Waals surface area contributed by atoms with Crippen molar-refractivity contribution in [3.05, 3.63) is 40.1 Å².